The molecule has 4 aromatic rings. The maximum atomic E-state index is 13.6. The highest BCUT2D eigenvalue weighted by Crippen LogP contribution is 2.31. The lowest BCUT2D eigenvalue weighted by molar-refractivity contribution is -0.129. The fourth-order valence-corrected chi connectivity index (χ4v) is 5.41. The molecule has 12 heteroatoms. The molecular weight excluding hydrogens is 512 g/mol. The Labute approximate surface area is 231 Å². The van der Waals surface area contributed by atoms with E-state index in [1.807, 2.05) is 47.6 Å². The van der Waals surface area contributed by atoms with E-state index in [9.17, 15) is 9.59 Å². The smallest absolute Gasteiger partial charge is 0.289 e. The lowest BCUT2D eigenvalue weighted by atomic mass is 10.0. The van der Waals surface area contributed by atoms with E-state index in [0.717, 1.165) is 16.9 Å². The van der Waals surface area contributed by atoms with Gasteiger partial charge in [0.1, 0.15) is 11.3 Å². The third kappa shape index (κ3) is 4.46. The first-order valence-electron chi connectivity index (χ1n) is 13.7. The molecule has 40 heavy (non-hydrogen) atoms. The predicted octanol–water partition coefficient (Wildman–Crippen LogP) is 1.98. The Morgan fingerprint density at radius 2 is 1.70 bits per heavy atom. The standard InChI is InChI=1S/C28H34N8O4/c1-4-22-30-18-7-5-6-8-20(18)36(22)27-31-19-17-21(40-23(19)24(32-27)33-13-15-39-16-14-33)25(37)34-9-11-35(12-10-34)28(2,3)26(29)38/h5-8,17H,4,9-16H2,1-3H3,(H2,29,38). The van der Waals surface area contributed by atoms with Gasteiger partial charge in [-0.05, 0) is 26.0 Å². The number of aromatic nitrogens is 4. The summed E-state index contributed by atoms with van der Waals surface area (Å²) in [6, 6.07) is 9.63. The number of para-hydroxylation sites is 2. The van der Waals surface area contributed by atoms with Gasteiger partial charge in [0.05, 0.1) is 29.8 Å². The van der Waals surface area contributed by atoms with Gasteiger partial charge in [0.2, 0.25) is 11.9 Å². The molecule has 6 rings (SSSR count). The first-order chi connectivity index (χ1) is 19.3. The molecule has 0 spiro atoms. The lowest BCUT2D eigenvalue weighted by Crippen LogP contribution is -2.60. The van der Waals surface area contributed by atoms with Crippen molar-refractivity contribution in [1.29, 1.82) is 0 Å². The number of hydrogen-bond acceptors (Lipinski definition) is 9. The summed E-state index contributed by atoms with van der Waals surface area (Å²) in [4.78, 5) is 46.0. The summed E-state index contributed by atoms with van der Waals surface area (Å²) in [6.45, 7) is 10.1. The molecular formula is C28H34N8O4. The summed E-state index contributed by atoms with van der Waals surface area (Å²) >= 11 is 0. The summed E-state index contributed by atoms with van der Waals surface area (Å²) in [5, 5.41) is 0. The maximum Gasteiger partial charge on any atom is 0.289 e. The van der Waals surface area contributed by atoms with Crippen molar-refractivity contribution >= 4 is 39.8 Å². The molecule has 12 nitrogen and oxygen atoms in total. The summed E-state index contributed by atoms with van der Waals surface area (Å²) in [6.07, 6.45) is 0.705. The molecule has 2 aliphatic heterocycles. The second-order valence-corrected chi connectivity index (χ2v) is 10.7. The lowest BCUT2D eigenvalue weighted by Gasteiger charge is -2.42. The van der Waals surface area contributed by atoms with Gasteiger partial charge in [0, 0.05) is 51.8 Å². The number of anilines is 1. The summed E-state index contributed by atoms with van der Waals surface area (Å²) in [7, 11) is 0. The fourth-order valence-electron chi connectivity index (χ4n) is 5.41. The molecule has 3 aromatic heterocycles. The number of carbonyl (C=O) groups excluding carboxylic acids is 2. The Balaban J connectivity index is 1.38. The van der Waals surface area contributed by atoms with Gasteiger partial charge in [0.15, 0.2) is 17.2 Å². The van der Waals surface area contributed by atoms with Crippen LogP contribution in [0.2, 0.25) is 0 Å². The third-order valence-electron chi connectivity index (χ3n) is 7.97. The largest absolute Gasteiger partial charge is 0.445 e. The number of furan rings is 1. The van der Waals surface area contributed by atoms with E-state index in [1.165, 1.54) is 0 Å². The minimum Gasteiger partial charge on any atom is -0.445 e. The van der Waals surface area contributed by atoms with Crippen LogP contribution in [-0.2, 0) is 16.0 Å². The molecule has 2 saturated heterocycles. The number of morpholine rings is 1. The predicted molar refractivity (Wildman–Crippen MR) is 150 cm³/mol. The molecule has 0 atom stereocenters. The number of carbonyl (C=O) groups is 2. The Morgan fingerprint density at radius 1 is 0.975 bits per heavy atom. The second-order valence-electron chi connectivity index (χ2n) is 10.7. The van der Waals surface area contributed by atoms with Crippen molar-refractivity contribution in [3.63, 3.8) is 0 Å². The monoisotopic (exact) mass is 546 g/mol. The number of rotatable bonds is 6. The summed E-state index contributed by atoms with van der Waals surface area (Å²) in [5.41, 5.74) is 7.65. The van der Waals surface area contributed by atoms with Gasteiger partial charge in [0.25, 0.3) is 5.91 Å². The van der Waals surface area contributed by atoms with E-state index >= 15 is 0 Å². The Hall–Kier alpha value is -4.03. The van der Waals surface area contributed by atoms with E-state index in [-0.39, 0.29) is 17.6 Å². The quantitative estimate of drug-likeness (QED) is 0.385. The number of fused-ring (bicyclic) bond motifs is 2. The topological polar surface area (TPSA) is 136 Å². The second kappa shape index (κ2) is 10.2. The number of aryl methyl sites for hydroxylation is 1. The van der Waals surface area contributed by atoms with Gasteiger partial charge in [-0.25, -0.2) is 9.97 Å². The van der Waals surface area contributed by atoms with Crippen LogP contribution >= 0.6 is 0 Å². The molecule has 0 saturated carbocycles. The van der Waals surface area contributed by atoms with Crippen LogP contribution in [-0.4, -0.2) is 99.2 Å². The molecule has 2 N–H and O–H groups in total. The molecule has 5 heterocycles. The van der Waals surface area contributed by atoms with Crippen LogP contribution in [0.25, 0.3) is 28.1 Å². The normalized spacial score (nSPS) is 17.2. The average molecular weight is 547 g/mol. The van der Waals surface area contributed by atoms with E-state index < -0.39 is 5.54 Å². The van der Waals surface area contributed by atoms with E-state index in [2.05, 4.69) is 11.8 Å². The van der Waals surface area contributed by atoms with Crippen LogP contribution in [0.15, 0.2) is 34.7 Å². The third-order valence-corrected chi connectivity index (χ3v) is 7.97. The molecule has 0 aliphatic carbocycles. The number of imidazole rings is 1. The van der Waals surface area contributed by atoms with Crippen molar-refractivity contribution in [1.82, 2.24) is 29.3 Å². The Bertz CT molecular complexity index is 1580. The number of piperazine rings is 1. The summed E-state index contributed by atoms with van der Waals surface area (Å²) in [5.74, 6) is 1.59. The number of nitrogens with two attached hydrogens (primary N) is 1. The minimum atomic E-state index is -0.775. The van der Waals surface area contributed by atoms with Gasteiger partial charge < -0.3 is 24.7 Å². The molecule has 2 amide bonds. The van der Waals surface area contributed by atoms with E-state index in [4.69, 9.17) is 29.8 Å². The first-order valence-corrected chi connectivity index (χ1v) is 13.7. The van der Waals surface area contributed by atoms with Gasteiger partial charge in [-0.15, -0.1) is 0 Å². The number of benzene rings is 1. The zero-order chi connectivity index (χ0) is 28.0. The van der Waals surface area contributed by atoms with Gasteiger partial charge in [-0.2, -0.15) is 4.98 Å². The zero-order valence-corrected chi connectivity index (χ0v) is 23.1. The van der Waals surface area contributed by atoms with Gasteiger partial charge in [-0.1, -0.05) is 19.1 Å². The molecule has 2 aliphatic rings. The van der Waals surface area contributed by atoms with Crippen molar-refractivity contribution in [2.75, 3.05) is 57.4 Å². The van der Waals surface area contributed by atoms with Crippen molar-refractivity contribution in [3.8, 4) is 5.95 Å². The van der Waals surface area contributed by atoms with E-state index in [0.29, 0.717) is 81.8 Å². The minimum absolute atomic E-state index is 0.213. The number of amides is 2. The van der Waals surface area contributed by atoms with Crippen LogP contribution in [0.1, 0.15) is 37.2 Å². The van der Waals surface area contributed by atoms with Gasteiger partial charge >= 0.3 is 0 Å². The van der Waals surface area contributed by atoms with Crippen molar-refractivity contribution in [2.45, 2.75) is 32.7 Å². The SMILES string of the molecule is CCc1nc2ccccc2n1-c1nc(N2CCOCC2)c2oc(C(=O)N3CCN(C(C)(C)C(N)=O)CC3)cc2n1. The van der Waals surface area contributed by atoms with Crippen LogP contribution in [0.5, 0.6) is 0 Å². The zero-order valence-electron chi connectivity index (χ0n) is 23.1. The highest BCUT2D eigenvalue weighted by molar-refractivity contribution is 5.97. The van der Waals surface area contributed by atoms with Crippen molar-refractivity contribution in [2.24, 2.45) is 5.73 Å². The van der Waals surface area contributed by atoms with Crippen molar-refractivity contribution in [3.05, 3.63) is 41.9 Å². The number of nitrogens with zero attached hydrogens (tertiary/aromatic N) is 7. The first kappa shape index (κ1) is 26.2. The maximum absolute atomic E-state index is 13.6. The van der Waals surface area contributed by atoms with E-state index in [1.54, 1.807) is 11.0 Å². The van der Waals surface area contributed by atoms with Crippen LogP contribution in [0, 0.1) is 0 Å². The number of hydrogen-bond donors (Lipinski definition) is 1. The highest BCUT2D eigenvalue weighted by atomic mass is 16.5. The van der Waals surface area contributed by atoms with Gasteiger partial charge in [-0.3, -0.25) is 19.1 Å². The molecule has 2 fully saturated rings. The average Bonchev–Trinajstić information content (AvgIpc) is 3.58. The highest BCUT2D eigenvalue weighted by Gasteiger charge is 2.36. The molecule has 0 unspecified atom stereocenters. The van der Waals surface area contributed by atoms with Crippen molar-refractivity contribution < 1.29 is 18.7 Å². The molecule has 1 aromatic carbocycles. The Morgan fingerprint density at radius 3 is 2.40 bits per heavy atom. The van der Waals surface area contributed by atoms with Crippen LogP contribution in [0.3, 0.4) is 0 Å². The summed E-state index contributed by atoms with van der Waals surface area (Å²) < 4.78 is 13.8. The number of ether oxygens (including phenoxy) is 1. The molecule has 0 radical (unpaired) electrons. The van der Waals surface area contributed by atoms with Crippen LogP contribution in [0.4, 0.5) is 5.82 Å². The molecule has 210 valence electrons. The Kier molecular flexibility index (Phi) is 6.67. The fraction of sp³-hybridized carbons (Fsp3) is 0.464. The van der Waals surface area contributed by atoms with Crippen LogP contribution < -0.4 is 10.6 Å². The molecule has 0 bridgehead atoms. The number of primary amides is 1.